The van der Waals surface area contributed by atoms with E-state index in [1.165, 1.54) is 0 Å². The Kier molecular flexibility index (Phi) is 5.72. The van der Waals surface area contributed by atoms with Gasteiger partial charge in [0.1, 0.15) is 5.75 Å². The molecular weight excluding hydrogens is 355 g/mol. The third-order valence-corrected chi connectivity index (χ3v) is 3.13. The molecule has 0 bridgehead atoms. The fourth-order valence-corrected chi connectivity index (χ4v) is 1.65. The highest BCUT2D eigenvalue weighted by atomic mass is 19.4. The van der Waals surface area contributed by atoms with E-state index in [-0.39, 0.29) is 12.4 Å². The van der Waals surface area contributed by atoms with Crippen LogP contribution >= 0.6 is 0 Å². The van der Waals surface area contributed by atoms with Crippen molar-refractivity contribution in [1.82, 2.24) is 0 Å². The Morgan fingerprint density at radius 2 is 1.29 bits per heavy atom. The molecule has 0 spiro atoms. The van der Waals surface area contributed by atoms with Crippen molar-refractivity contribution in [3.63, 3.8) is 0 Å². The van der Waals surface area contributed by atoms with Gasteiger partial charge in [0.15, 0.2) is 0 Å². The average Bonchev–Trinajstić information content (AvgIpc) is 2.46. The Morgan fingerprint density at radius 1 is 0.792 bits per heavy atom. The molecule has 0 atom stereocenters. The summed E-state index contributed by atoms with van der Waals surface area (Å²) < 4.78 is 121. The van der Waals surface area contributed by atoms with Crippen molar-refractivity contribution in [2.24, 2.45) is 0 Å². The van der Waals surface area contributed by atoms with Crippen LogP contribution in [0.5, 0.6) is 5.75 Å². The standard InChI is InChI=1S/C14H13F9O/c1-2-3-8-24-10-6-4-9(5-7-10)11(15,16)12(17,18)13(19,20)14(21,22)23/h4-7H,2-3,8H2,1H3. The van der Waals surface area contributed by atoms with Gasteiger partial charge in [-0.15, -0.1) is 0 Å². The molecule has 0 radical (unpaired) electrons. The zero-order valence-electron chi connectivity index (χ0n) is 12.2. The highest BCUT2D eigenvalue weighted by Crippen LogP contribution is 2.56. The molecule has 0 N–H and O–H groups in total. The molecule has 0 fully saturated rings. The van der Waals surface area contributed by atoms with Crippen LogP contribution in [0.3, 0.4) is 0 Å². The molecule has 0 saturated carbocycles. The molecule has 0 aliphatic rings. The minimum Gasteiger partial charge on any atom is -0.494 e. The van der Waals surface area contributed by atoms with Crippen molar-refractivity contribution in [1.29, 1.82) is 0 Å². The second-order valence-corrected chi connectivity index (χ2v) is 4.95. The van der Waals surface area contributed by atoms with Crippen molar-refractivity contribution >= 4 is 0 Å². The lowest BCUT2D eigenvalue weighted by Gasteiger charge is -2.33. The first-order chi connectivity index (χ1) is 10.8. The molecule has 1 aromatic rings. The normalized spacial score (nSPS) is 13.9. The topological polar surface area (TPSA) is 9.23 Å². The van der Waals surface area contributed by atoms with E-state index in [0.717, 1.165) is 18.6 Å². The summed E-state index contributed by atoms with van der Waals surface area (Å²) in [6, 6.07) is 2.23. The zero-order chi connectivity index (χ0) is 18.8. The number of rotatable bonds is 7. The maximum absolute atomic E-state index is 13.6. The number of alkyl halides is 9. The molecule has 24 heavy (non-hydrogen) atoms. The monoisotopic (exact) mass is 368 g/mol. The van der Waals surface area contributed by atoms with Crippen LogP contribution in [0, 0.1) is 0 Å². The highest BCUT2D eigenvalue weighted by Gasteiger charge is 2.81. The molecule has 0 unspecified atom stereocenters. The van der Waals surface area contributed by atoms with Gasteiger partial charge in [-0.2, -0.15) is 39.5 Å². The summed E-state index contributed by atoms with van der Waals surface area (Å²) in [5, 5.41) is 0. The largest absolute Gasteiger partial charge is 0.494 e. The van der Waals surface area contributed by atoms with Crippen LogP contribution in [0.1, 0.15) is 25.3 Å². The van der Waals surface area contributed by atoms with Crippen molar-refractivity contribution < 1.29 is 44.3 Å². The fourth-order valence-electron chi connectivity index (χ4n) is 1.65. The maximum Gasteiger partial charge on any atom is 0.460 e. The van der Waals surface area contributed by atoms with Crippen LogP contribution in [0.4, 0.5) is 39.5 Å². The number of hydrogen-bond donors (Lipinski definition) is 0. The minimum atomic E-state index is -6.90. The molecule has 1 aromatic carbocycles. The smallest absolute Gasteiger partial charge is 0.460 e. The van der Waals surface area contributed by atoms with Gasteiger partial charge in [-0.3, -0.25) is 0 Å². The lowest BCUT2D eigenvalue weighted by atomic mass is 9.97. The van der Waals surface area contributed by atoms with Gasteiger partial charge in [-0.25, -0.2) is 0 Å². The Balaban J connectivity index is 3.10. The lowest BCUT2D eigenvalue weighted by molar-refractivity contribution is -0.399. The average molecular weight is 368 g/mol. The number of hydrogen-bond acceptors (Lipinski definition) is 1. The summed E-state index contributed by atoms with van der Waals surface area (Å²) >= 11 is 0. The number of halogens is 9. The van der Waals surface area contributed by atoms with Gasteiger partial charge < -0.3 is 4.74 Å². The molecule has 138 valence electrons. The molecule has 0 aromatic heterocycles. The fraction of sp³-hybridized carbons (Fsp3) is 0.571. The third kappa shape index (κ3) is 3.56. The van der Waals surface area contributed by atoms with Crippen LogP contribution in [-0.4, -0.2) is 24.6 Å². The van der Waals surface area contributed by atoms with Crippen LogP contribution in [0.2, 0.25) is 0 Å². The SMILES string of the molecule is CCCCOc1ccc(C(F)(F)C(F)(F)C(F)(F)C(F)(F)F)cc1. The van der Waals surface area contributed by atoms with Crippen molar-refractivity contribution in [2.45, 2.75) is 43.7 Å². The van der Waals surface area contributed by atoms with E-state index < -0.39 is 29.5 Å². The predicted molar refractivity (Wildman–Crippen MR) is 66.7 cm³/mol. The Bertz CT molecular complexity index is 534. The van der Waals surface area contributed by atoms with Gasteiger partial charge >= 0.3 is 23.9 Å². The van der Waals surface area contributed by atoms with Gasteiger partial charge in [0.25, 0.3) is 0 Å². The first-order valence-electron chi connectivity index (χ1n) is 6.72. The van der Waals surface area contributed by atoms with E-state index in [1.807, 2.05) is 6.92 Å². The van der Waals surface area contributed by atoms with Gasteiger partial charge in [0.05, 0.1) is 6.61 Å². The molecule has 1 nitrogen and oxygen atoms in total. The Morgan fingerprint density at radius 3 is 1.71 bits per heavy atom. The zero-order valence-corrected chi connectivity index (χ0v) is 12.2. The summed E-state index contributed by atoms with van der Waals surface area (Å²) in [5.74, 6) is -19.3. The Hall–Kier alpha value is -1.61. The summed E-state index contributed by atoms with van der Waals surface area (Å²) in [6.07, 6.45) is -5.45. The summed E-state index contributed by atoms with van der Waals surface area (Å²) in [7, 11) is 0. The van der Waals surface area contributed by atoms with Gasteiger partial charge in [-0.05, 0) is 30.7 Å². The maximum atomic E-state index is 13.6. The van der Waals surface area contributed by atoms with Crippen molar-refractivity contribution in [3.8, 4) is 5.75 Å². The molecule has 0 heterocycles. The van der Waals surface area contributed by atoms with E-state index >= 15 is 0 Å². The molecule has 0 amide bonds. The minimum absolute atomic E-state index is 0.00565. The van der Waals surface area contributed by atoms with E-state index in [9.17, 15) is 39.5 Å². The first-order valence-corrected chi connectivity index (χ1v) is 6.72. The number of unbranched alkanes of at least 4 members (excludes halogenated alkanes) is 1. The Labute approximate surface area is 131 Å². The molecule has 0 aliphatic heterocycles. The quantitative estimate of drug-likeness (QED) is 0.437. The molecule has 1 rings (SSSR count). The van der Waals surface area contributed by atoms with Crippen molar-refractivity contribution in [2.75, 3.05) is 6.61 Å². The van der Waals surface area contributed by atoms with Crippen LogP contribution in [0.15, 0.2) is 24.3 Å². The second-order valence-electron chi connectivity index (χ2n) is 4.95. The van der Waals surface area contributed by atoms with E-state index in [0.29, 0.717) is 18.6 Å². The molecular formula is C14H13F9O. The molecule has 0 aliphatic carbocycles. The third-order valence-electron chi connectivity index (χ3n) is 3.13. The van der Waals surface area contributed by atoms with Crippen LogP contribution < -0.4 is 4.74 Å². The summed E-state index contributed by atoms with van der Waals surface area (Å²) in [5.41, 5.74) is -1.68. The predicted octanol–water partition coefficient (Wildman–Crippen LogP) is 5.79. The summed E-state index contributed by atoms with van der Waals surface area (Å²) in [6.45, 7) is 2.05. The highest BCUT2D eigenvalue weighted by molar-refractivity contribution is 5.32. The van der Waals surface area contributed by atoms with Crippen LogP contribution in [-0.2, 0) is 5.92 Å². The van der Waals surface area contributed by atoms with Gasteiger partial charge in [0.2, 0.25) is 0 Å². The van der Waals surface area contributed by atoms with Crippen molar-refractivity contribution in [3.05, 3.63) is 29.8 Å². The van der Waals surface area contributed by atoms with Crippen LogP contribution in [0.25, 0.3) is 0 Å². The number of ether oxygens (including phenoxy) is 1. The first kappa shape index (κ1) is 20.4. The molecule has 10 heteroatoms. The summed E-state index contributed by atoms with van der Waals surface area (Å²) in [4.78, 5) is 0. The van der Waals surface area contributed by atoms with E-state index in [4.69, 9.17) is 4.74 Å². The van der Waals surface area contributed by atoms with Gasteiger partial charge in [0, 0.05) is 5.56 Å². The van der Waals surface area contributed by atoms with E-state index in [1.54, 1.807) is 0 Å². The number of benzene rings is 1. The van der Waals surface area contributed by atoms with Gasteiger partial charge in [-0.1, -0.05) is 13.3 Å². The second kappa shape index (κ2) is 6.72. The van der Waals surface area contributed by atoms with E-state index in [2.05, 4.69) is 0 Å². The lowest BCUT2D eigenvalue weighted by Crippen LogP contribution is -2.59. The molecule has 0 saturated heterocycles.